The molecule has 0 aliphatic carbocycles. The fraction of sp³-hybridized carbons (Fsp3) is 0.583. The highest BCUT2D eigenvalue weighted by atomic mass is 14.8. The molecule has 0 N–H and O–H groups in total. The van der Waals surface area contributed by atoms with Crippen LogP contribution in [0.15, 0.2) is 30.3 Å². The Morgan fingerprint density at radius 3 is 2.08 bits per heavy atom. The fourth-order valence-corrected chi connectivity index (χ4v) is 3.32. The van der Waals surface area contributed by atoms with E-state index in [1.54, 1.807) is 0 Å². The standard InChI is InChI=1S/C24H36N2/c1-3-5-7-9-11-13-17-21-22(18-14-12-10-8-6-4-2)26-24-20-16-15-19-23(24)25-21/h13,15-17,19-20H,3-12,14,18H2,1-2H3/b17-13+. The second-order valence-electron chi connectivity index (χ2n) is 7.31. The molecule has 0 fully saturated rings. The van der Waals surface area contributed by atoms with Gasteiger partial charge in [-0.25, -0.2) is 9.97 Å². The molecule has 2 heteroatoms. The molecule has 142 valence electrons. The zero-order valence-corrected chi connectivity index (χ0v) is 16.8. The minimum Gasteiger partial charge on any atom is -0.249 e. The van der Waals surface area contributed by atoms with Crippen LogP contribution in [0.25, 0.3) is 17.1 Å². The molecule has 2 aromatic rings. The van der Waals surface area contributed by atoms with Crippen molar-refractivity contribution in [1.82, 2.24) is 9.97 Å². The van der Waals surface area contributed by atoms with E-state index in [0.717, 1.165) is 29.6 Å². The van der Waals surface area contributed by atoms with Gasteiger partial charge in [0.25, 0.3) is 0 Å². The van der Waals surface area contributed by atoms with Crippen LogP contribution >= 0.6 is 0 Å². The van der Waals surface area contributed by atoms with Crippen molar-refractivity contribution >= 4 is 17.1 Å². The number of fused-ring (bicyclic) bond motifs is 1. The number of rotatable bonds is 13. The molecule has 0 bridgehead atoms. The first-order valence-corrected chi connectivity index (χ1v) is 10.8. The Morgan fingerprint density at radius 2 is 1.35 bits per heavy atom. The zero-order valence-electron chi connectivity index (χ0n) is 16.8. The number of nitrogens with zero attached hydrogens (tertiary/aromatic N) is 2. The summed E-state index contributed by atoms with van der Waals surface area (Å²) < 4.78 is 0. The van der Waals surface area contributed by atoms with Gasteiger partial charge in [0, 0.05) is 0 Å². The summed E-state index contributed by atoms with van der Waals surface area (Å²) in [5.74, 6) is 0. The van der Waals surface area contributed by atoms with Crippen molar-refractivity contribution in [2.24, 2.45) is 0 Å². The maximum absolute atomic E-state index is 4.92. The largest absolute Gasteiger partial charge is 0.249 e. The van der Waals surface area contributed by atoms with Crippen molar-refractivity contribution in [1.29, 1.82) is 0 Å². The number of aryl methyl sites for hydroxylation is 1. The Labute approximate surface area is 160 Å². The van der Waals surface area contributed by atoms with Crippen LogP contribution in [0.2, 0.25) is 0 Å². The monoisotopic (exact) mass is 352 g/mol. The number of unbranched alkanes of at least 4 members (excludes halogenated alkanes) is 9. The molecule has 0 atom stereocenters. The number of benzene rings is 1. The van der Waals surface area contributed by atoms with E-state index in [1.165, 1.54) is 69.9 Å². The lowest BCUT2D eigenvalue weighted by Crippen LogP contribution is -1.99. The normalized spacial score (nSPS) is 11.6. The zero-order chi connectivity index (χ0) is 18.5. The third kappa shape index (κ3) is 7.27. The van der Waals surface area contributed by atoms with Gasteiger partial charge in [0.2, 0.25) is 0 Å². The topological polar surface area (TPSA) is 25.8 Å². The highest BCUT2D eigenvalue weighted by Crippen LogP contribution is 2.17. The van der Waals surface area contributed by atoms with E-state index in [-0.39, 0.29) is 0 Å². The van der Waals surface area contributed by atoms with Gasteiger partial charge in [-0.05, 0) is 43.9 Å². The predicted molar refractivity (Wildman–Crippen MR) is 114 cm³/mol. The number of aromatic nitrogens is 2. The molecule has 0 saturated heterocycles. The van der Waals surface area contributed by atoms with Gasteiger partial charge >= 0.3 is 0 Å². The molecule has 1 aromatic carbocycles. The first-order valence-electron chi connectivity index (χ1n) is 10.8. The van der Waals surface area contributed by atoms with Gasteiger partial charge in [-0.1, -0.05) is 83.4 Å². The van der Waals surface area contributed by atoms with Crippen molar-refractivity contribution in [2.45, 2.75) is 90.9 Å². The number of allylic oxidation sites excluding steroid dienone is 1. The quantitative estimate of drug-likeness (QED) is 0.348. The lowest BCUT2D eigenvalue weighted by atomic mass is 10.1. The van der Waals surface area contributed by atoms with Crippen molar-refractivity contribution in [3.8, 4) is 0 Å². The Balaban J connectivity index is 1.98. The molecule has 26 heavy (non-hydrogen) atoms. The van der Waals surface area contributed by atoms with Crippen molar-refractivity contribution in [2.75, 3.05) is 0 Å². The SMILES string of the molecule is CCCCCC/C=C/c1nc2ccccc2nc1CCCCCCCC. The van der Waals surface area contributed by atoms with Crippen LogP contribution in [0, 0.1) is 0 Å². The third-order valence-corrected chi connectivity index (χ3v) is 4.94. The highest BCUT2D eigenvalue weighted by Gasteiger charge is 2.06. The van der Waals surface area contributed by atoms with E-state index in [1.807, 2.05) is 6.07 Å². The van der Waals surface area contributed by atoms with E-state index in [0.29, 0.717) is 0 Å². The van der Waals surface area contributed by atoms with Crippen LogP contribution in [0.1, 0.15) is 95.9 Å². The Bertz CT molecular complexity index is 660. The van der Waals surface area contributed by atoms with Crippen LogP contribution in [0.3, 0.4) is 0 Å². The second-order valence-corrected chi connectivity index (χ2v) is 7.31. The van der Waals surface area contributed by atoms with Crippen molar-refractivity contribution in [3.05, 3.63) is 41.7 Å². The van der Waals surface area contributed by atoms with Crippen LogP contribution in [0.4, 0.5) is 0 Å². The van der Waals surface area contributed by atoms with Crippen molar-refractivity contribution < 1.29 is 0 Å². The Kier molecular flexibility index (Phi) is 10.0. The molecule has 1 heterocycles. The van der Waals surface area contributed by atoms with Gasteiger partial charge in [0.05, 0.1) is 22.4 Å². The molecular formula is C24H36N2. The molecular weight excluding hydrogens is 316 g/mol. The van der Waals surface area contributed by atoms with Crippen LogP contribution in [0.5, 0.6) is 0 Å². The fourth-order valence-electron chi connectivity index (χ4n) is 3.32. The van der Waals surface area contributed by atoms with E-state index in [2.05, 4.69) is 44.2 Å². The molecule has 2 nitrogen and oxygen atoms in total. The van der Waals surface area contributed by atoms with Gasteiger partial charge in [-0.2, -0.15) is 0 Å². The summed E-state index contributed by atoms with van der Waals surface area (Å²) in [6, 6.07) is 8.23. The van der Waals surface area contributed by atoms with Crippen LogP contribution < -0.4 is 0 Å². The number of para-hydroxylation sites is 2. The average molecular weight is 353 g/mol. The molecule has 2 rings (SSSR count). The molecule has 0 spiro atoms. The molecule has 0 saturated carbocycles. The van der Waals surface area contributed by atoms with Gasteiger partial charge in [0.15, 0.2) is 0 Å². The van der Waals surface area contributed by atoms with E-state index in [9.17, 15) is 0 Å². The lowest BCUT2D eigenvalue weighted by molar-refractivity contribution is 0.604. The van der Waals surface area contributed by atoms with Gasteiger partial charge in [-0.3, -0.25) is 0 Å². The van der Waals surface area contributed by atoms with Gasteiger partial charge in [-0.15, -0.1) is 0 Å². The van der Waals surface area contributed by atoms with E-state index in [4.69, 9.17) is 9.97 Å². The van der Waals surface area contributed by atoms with Crippen molar-refractivity contribution in [3.63, 3.8) is 0 Å². The summed E-state index contributed by atoms with van der Waals surface area (Å²) in [5.41, 5.74) is 4.27. The predicted octanol–water partition coefficient (Wildman–Crippen LogP) is 7.52. The Morgan fingerprint density at radius 1 is 0.731 bits per heavy atom. The Hall–Kier alpha value is -1.70. The first-order chi connectivity index (χ1) is 12.8. The maximum atomic E-state index is 4.92. The number of hydrogen-bond donors (Lipinski definition) is 0. The molecule has 0 unspecified atom stereocenters. The molecule has 0 aliphatic rings. The summed E-state index contributed by atoms with van der Waals surface area (Å²) in [6.45, 7) is 4.53. The molecule has 0 aliphatic heterocycles. The van der Waals surface area contributed by atoms with Crippen LogP contribution in [-0.2, 0) is 6.42 Å². The second kappa shape index (κ2) is 12.6. The van der Waals surface area contributed by atoms with E-state index < -0.39 is 0 Å². The first kappa shape index (κ1) is 20.6. The van der Waals surface area contributed by atoms with Gasteiger partial charge < -0.3 is 0 Å². The summed E-state index contributed by atoms with van der Waals surface area (Å²) in [6.07, 6.45) is 19.8. The minimum atomic E-state index is 1.00. The summed E-state index contributed by atoms with van der Waals surface area (Å²) in [4.78, 5) is 9.81. The third-order valence-electron chi connectivity index (χ3n) is 4.94. The summed E-state index contributed by atoms with van der Waals surface area (Å²) >= 11 is 0. The summed E-state index contributed by atoms with van der Waals surface area (Å²) in [7, 11) is 0. The maximum Gasteiger partial charge on any atom is 0.0894 e. The van der Waals surface area contributed by atoms with Crippen LogP contribution in [-0.4, -0.2) is 9.97 Å². The lowest BCUT2D eigenvalue weighted by Gasteiger charge is -2.07. The molecule has 1 aromatic heterocycles. The minimum absolute atomic E-state index is 1.00. The van der Waals surface area contributed by atoms with E-state index >= 15 is 0 Å². The highest BCUT2D eigenvalue weighted by molar-refractivity contribution is 5.75. The smallest absolute Gasteiger partial charge is 0.0894 e. The summed E-state index contributed by atoms with van der Waals surface area (Å²) in [5, 5.41) is 0. The average Bonchev–Trinajstić information content (AvgIpc) is 2.67. The molecule has 0 amide bonds. The molecule has 0 radical (unpaired) electrons. The number of hydrogen-bond acceptors (Lipinski definition) is 2. The van der Waals surface area contributed by atoms with Gasteiger partial charge in [0.1, 0.15) is 0 Å².